The number of benzene rings is 1. The van der Waals surface area contributed by atoms with Crippen LogP contribution >= 0.6 is 0 Å². The lowest BCUT2D eigenvalue weighted by molar-refractivity contribution is 0.230. The lowest BCUT2D eigenvalue weighted by Crippen LogP contribution is -2.16. The maximum atomic E-state index is 11.1. The van der Waals surface area contributed by atoms with E-state index in [2.05, 4.69) is 6.08 Å². The molecule has 0 spiro atoms. The predicted octanol–water partition coefficient (Wildman–Crippen LogP) is 1.82. The summed E-state index contributed by atoms with van der Waals surface area (Å²) < 4.78 is 27.8. The second kappa shape index (κ2) is 4.89. The van der Waals surface area contributed by atoms with Crippen molar-refractivity contribution >= 4 is 10.0 Å². The summed E-state index contributed by atoms with van der Waals surface area (Å²) in [4.78, 5) is 0.101. The first kappa shape index (κ1) is 12.1. The Morgan fingerprint density at radius 3 is 2.47 bits per heavy atom. The molecule has 0 fully saturated rings. The average molecular weight is 253 g/mol. The molecule has 5 heteroatoms. The van der Waals surface area contributed by atoms with Crippen LogP contribution in [0.5, 0.6) is 5.75 Å². The first-order chi connectivity index (χ1) is 8.05. The van der Waals surface area contributed by atoms with Gasteiger partial charge in [0.2, 0.25) is 10.0 Å². The zero-order valence-electron chi connectivity index (χ0n) is 9.37. The summed E-state index contributed by atoms with van der Waals surface area (Å²) in [6.07, 6.45) is 7.45. The Kier molecular flexibility index (Phi) is 3.49. The van der Waals surface area contributed by atoms with Gasteiger partial charge >= 0.3 is 0 Å². The van der Waals surface area contributed by atoms with Crippen molar-refractivity contribution in [2.75, 3.05) is 0 Å². The summed E-state index contributed by atoms with van der Waals surface area (Å²) in [6.45, 7) is 0. The zero-order chi connectivity index (χ0) is 12.3. The fourth-order valence-corrected chi connectivity index (χ4v) is 2.28. The van der Waals surface area contributed by atoms with E-state index in [0.29, 0.717) is 5.75 Å². The third-order valence-electron chi connectivity index (χ3n) is 2.65. The number of nitrogens with two attached hydrogens (primary N) is 1. The molecule has 0 radical (unpaired) electrons. The highest BCUT2D eigenvalue weighted by molar-refractivity contribution is 7.89. The maximum Gasteiger partial charge on any atom is 0.238 e. The van der Waals surface area contributed by atoms with Crippen molar-refractivity contribution in [1.82, 2.24) is 0 Å². The number of allylic oxidation sites excluding steroid dienone is 1. The minimum absolute atomic E-state index is 0.0871. The van der Waals surface area contributed by atoms with E-state index in [9.17, 15) is 8.42 Å². The van der Waals surface area contributed by atoms with Gasteiger partial charge in [-0.15, -0.1) is 0 Å². The fraction of sp³-hybridized carbons (Fsp3) is 0.333. The zero-order valence-corrected chi connectivity index (χ0v) is 10.2. The summed E-state index contributed by atoms with van der Waals surface area (Å²) in [5, 5.41) is 5.01. The van der Waals surface area contributed by atoms with Gasteiger partial charge in [-0.2, -0.15) is 0 Å². The standard InChI is InChI=1S/C12H15NO3S/c13-17(14,15)12-8-6-11(7-9-12)16-10-4-2-1-3-5-10/h2,4,6-10H,1,3,5H2,(H2,13,14,15). The van der Waals surface area contributed by atoms with E-state index < -0.39 is 10.0 Å². The van der Waals surface area contributed by atoms with Gasteiger partial charge in [-0.1, -0.05) is 6.08 Å². The van der Waals surface area contributed by atoms with Gasteiger partial charge in [-0.05, 0) is 49.6 Å². The first-order valence-corrected chi connectivity index (χ1v) is 7.06. The van der Waals surface area contributed by atoms with E-state index in [1.165, 1.54) is 12.1 Å². The topological polar surface area (TPSA) is 69.4 Å². The van der Waals surface area contributed by atoms with Gasteiger partial charge in [0.1, 0.15) is 11.9 Å². The summed E-state index contributed by atoms with van der Waals surface area (Å²) in [7, 11) is -3.62. The number of sulfonamides is 1. The molecule has 0 saturated heterocycles. The normalized spacial score (nSPS) is 20.2. The van der Waals surface area contributed by atoms with E-state index >= 15 is 0 Å². The molecular formula is C12H15NO3S. The van der Waals surface area contributed by atoms with Crippen LogP contribution in [0.25, 0.3) is 0 Å². The molecule has 0 aliphatic heterocycles. The van der Waals surface area contributed by atoms with Crippen LogP contribution in [0.3, 0.4) is 0 Å². The maximum absolute atomic E-state index is 11.1. The molecule has 4 nitrogen and oxygen atoms in total. The molecule has 92 valence electrons. The van der Waals surface area contributed by atoms with Crippen LogP contribution in [0, 0.1) is 0 Å². The van der Waals surface area contributed by atoms with Crippen molar-refractivity contribution < 1.29 is 13.2 Å². The SMILES string of the molecule is NS(=O)(=O)c1ccc(OC2C=CCCC2)cc1. The largest absolute Gasteiger partial charge is 0.486 e. The Morgan fingerprint density at radius 2 is 1.94 bits per heavy atom. The molecule has 1 atom stereocenters. The average Bonchev–Trinajstić information content (AvgIpc) is 2.30. The number of primary sulfonamides is 1. The number of hydrogen-bond donors (Lipinski definition) is 1. The van der Waals surface area contributed by atoms with E-state index in [0.717, 1.165) is 19.3 Å². The second-order valence-corrected chi connectivity index (χ2v) is 5.59. The van der Waals surface area contributed by atoms with Crippen LogP contribution in [0.15, 0.2) is 41.3 Å². The Morgan fingerprint density at radius 1 is 1.24 bits per heavy atom. The lowest BCUT2D eigenvalue weighted by Gasteiger charge is -2.18. The summed E-state index contributed by atoms with van der Waals surface area (Å²) in [5.41, 5.74) is 0. The Balaban J connectivity index is 2.08. The highest BCUT2D eigenvalue weighted by atomic mass is 32.2. The molecule has 17 heavy (non-hydrogen) atoms. The molecular weight excluding hydrogens is 238 g/mol. The Hall–Kier alpha value is -1.33. The predicted molar refractivity (Wildman–Crippen MR) is 65.2 cm³/mol. The van der Waals surface area contributed by atoms with Crippen LogP contribution < -0.4 is 9.88 Å². The summed E-state index contributed by atoms with van der Waals surface area (Å²) in [6, 6.07) is 6.17. The minimum atomic E-state index is -3.62. The van der Waals surface area contributed by atoms with Crippen molar-refractivity contribution in [3.8, 4) is 5.75 Å². The van der Waals surface area contributed by atoms with E-state index in [-0.39, 0.29) is 11.0 Å². The molecule has 0 amide bonds. The lowest BCUT2D eigenvalue weighted by atomic mass is 10.1. The molecule has 1 aliphatic carbocycles. The second-order valence-electron chi connectivity index (χ2n) is 4.03. The minimum Gasteiger partial charge on any atom is -0.486 e. The van der Waals surface area contributed by atoms with Gasteiger partial charge in [0, 0.05) is 0 Å². The summed E-state index contributed by atoms with van der Waals surface area (Å²) >= 11 is 0. The van der Waals surface area contributed by atoms with Crippen LogP contribution in [-0.2, 0) is 10.0 Å². The number of ether oxygens (including phenoxy) is 1. The highest BCUT2D eigenvalue weighted by Crippen LogP contribution is 2.20. The quantitative estimate of drug-likeness (QED) is 0.835. The molecule has 1 aromatic carbocycles. The van der Waals surface area contributed by atoms with Gasteiger partial charge in [0.25, 0.3) is 0 Å². The van der Waals surface area contributed by atoms with Crippen LogP contribution in [0.2, 0.25) is 0 Å². The molecule has 1 aromatic rings. The van der Waals surface area contributed by atoms with Gasteiger partial charge in [-0.25, -0.2) is 13.6 Å². The third kappa shape index (κ3) is 3.31. The van der Waals surface area contributed by atoms with Crippen molar-refractivity contribution in [3.05, 3.63) is 36.4 Å². The van der Waals surface area contributed by atoms with Gasteiger partial charge < -0.3 is 4.74 Å². The van der Waals surface area contributed by atoms with Crippen LogP contribution in [-0.4, -0.2) is 14.5 Å². The van der Waals surface area contributed by atoms with Crippen LogP contribution in [0.1, 0.15) is 19.3 Å². The first-order valence-electron chi connectivity index (χ1n) is 5.52. The van der Waals surface area contributed by atoms with E-state index in [1.54, 1.807) is 12.1 Å². The Labute approximate surface area is 101 Å². The van der Waals surface area contributed by atoms with Crippen LogP contribution in [0.4, 0.5) is 0 Å². The molecule has 1 unspecified atom stereocenters. The van der Waals surface area contributed by atoms with Gasteiger partial charge in [0.05, 0.1) is 4.90 Å². The van der Waals surface area contributed by atoms with Gasteiger partial charge in [0.15, 0.2) is 0 Å². The smallest absolute Gasteiger partial charge is 0.238 e. The molecule has 1 aliphatic rings. The monoisotopic (exact) mass is 253 g/mol. The van der Waals surface area contributed by atoms with Crippen molar-refractivity contribution in [2.24, 2.45) is 5.14 Å². The molecule has 0 aromatic heterocycles. The van der Waals surface area contributed by atoms with Crippen molar-refractivity contribution in [3.63, 3.8) is 0 Å². The van der Waals surface area contributed by atoms with Crippen molar-refractivity contribution in [2.45, 2.75) is 30.3 Å². The number of rotatable bonds is 3. The van der Waals surface area contributed by atoms with E-state index in [4.69, 9.17) is 9.88 Å². The highest BCUT2D eigenvalue weighted by Gasteiger charge is 2.11. The van der Waals surface area contributed by atoms with Crippen molar-refractivity contribution in [1.29, 1.82) is 0 Å². The molecule has 0 heterocycles. The third-order valence-corrected chi connectivity index (χ3v) is 3.58. The molecule has 2 N–H and O–H groups in total. The number of hydrogen-bond acceptors (Lipinski definition) is 3. The summed E-state index contributed by atoms with van der Waals surface area (Å²) in [5.74, 6) is 0.661. The molecule has 0 saturated carbocycles. The van der Waals surface area contributed by atoms with Gasteiger partial charge in [-0.3, -0.25) is 0 Å². The molecule has 2 rings (SSSR count). The molecule has 0 bridgehead atoms. The Bertz CT molecular complexity index is 505. The van der Waals surface area contributed by atoms with E-state index in [1.807, 2.05) is 6.08 Å². The fourth-order valence-electron chi connectivity index (χ4n) is 1.76.